The maximum atomic E-state index is 3.76. The molecule has 0 heterocycles. The molecule has 0 unspecified atom stereocenters. The summed E-state index contributed by atoms with van der Waals surface area (Å²) in [7, 11) is 0. The van der Waals surface area contributed by atoms with E-state index in [1.54, 1.807) is 0 Å². The Morgan fingerprint density at radius 2 is 1.28 bits per heavy atom. The van der Waals surface area contributed by atoms with Crippen LogP contribution in [0.3, 0.4) is 0 Å². The molecule has 3 aromatic rings. The first-order valence-electron chi connectivity index (χ1n) is 9.76. The van der Waals surface area contributed by atoms with Gasteiger partial charge in [0.25, 0.3) is 0 Å². The van der Waals surface area contributed by atoms with Crippen molar-refractivity contribution in [2.75, 3.05) is 0 Å². The molecule has 0 N–H and O–H groups in total. The average molecular weight is 401 g/mol. The smallest absolute Gasteiger partial charge is 0.0232 e. The van der Waals surface area contributed by atoms with Crippen LogP contribution in [0.15, 0.2) is 104 Å². The van der Waals surface area contributed by atoms with Crippen molar-refractivity contribution in [3.8, 4) is 0 Å². The maximum Gasteiger partial charge on any atom is 0.0232 e. The van der Waals surface area contributed by atoms with Gasteiger partial charge >= 0.3 is 0 Å². The minimum absolute atomic E-state index is 1.01. The van der Waals surface area contributed by atoms with Crippen LogP contribution in [-0.4, -0.2) is 0 Å². The monoisotopic (exact) mass is 400 g/mol. The zero-order chi connectivity index (χ0) is 21.5. The molecule has 0 bridgehead atoms. The standard InChI is InChI=1S/C16H16S.C10H12.C2H4/c1-3-14-7-9-15(10-8-14)12-17-16-6-4-5-13(2)11-16;1-3-9-5-7-10(4-2)8-6-9;1-2/h3-11H,1,12H2,2H3;3,5-8H,1,4H2,2H3;1-2H2. The Bertz CT molecular complexity index is 858. The lowest BCUT2D eigenvalue weighted by Crippen LogP contribution is -1.81. The highest BCUT2D eigenvalue weighted by atomic mass is 32.2. The molecule has 3 rings (SSSR count). The van der Waals surface area contributed by atoms with E-state index in [1.165, 1.54) is 32.7 Å². The summed E-state index contributed by atoms with van der Waals surface area (Å²) in [6.07, 6.45) is 4.84. The molecule has 0 radical (unpaired) electrons. The molecule has 0 aliphatic heterocycles. The van der Waals surface area contributed by atoms with Crippen molar-refractivity contribution >= 4 is 23.9 Å². The molecule has 0 aromatic heterocycles. The Morgan fingerprint density at radius 1 is 0.759 bits per heavy atom. The molecule has 0 aliphatic carbocycles. The van der Waals surface area contributed by atoms with Gasteiger partial charge in [0.1, 0.15) is 0 Å². The minimum Gasteiger partial charge on any atom is -0.121 e. The number of hydrogen-bond acceptors (Lipinski definition) is 1. The van der Waals surface area contributed by atoms with E-state index in [1.807, 2.05) is 23.9 Å². The fourth-order valence-corrected chi connectivity index (χ4v) is 3.48. The Kier molecular flexibility index (Phi) is 11.9. The van der Waals surface area contributed by atoms with E-state index < -0.39 is 0 Å². The number of thioether (sulfide) groups is 1. The topological polar surface area (TPSA) is 0 Å². The van der Waals surface area contributed by atoms with Crippen molar-refractivity contribution in [3.63, 3.8) is 0 Å². The van der Waals surface area contributed by atoms with Crippen molar-refractivity contribution in [2.24, 2.45) is 0 Å². The Hall–Kier alpha value is -2.77. The van der Waals surface area contributed by atoms with Crippen LogP contribution in [0.2, 0.25) is 0 Å². The second-order valence-electron chi connectivity index (χ2n) is 6.35. The van der Waals surface area contributed by atoms with Gasteiger partial charge in [0.2, 0.25) is 0 Å². The van der Waals surface area contributed by atoms with Gasteiger partial charge in [-0.2, -0.15) is 0 Å². The molecule has 0 amide bonds. The molecule has 0 atom stereocenters. The molecule has 0 fully saturated rings. The van der Waals surface area contributed by atoms with Crippen LogP contribution in [0.5, 0.6) is 0 Å². The molecule has 29 heavy (non-hydrogen) atoms. The van der Waals surface area contributed by atoms with Gasteiger partial charge < -0.3 is 0 Å². The third-order valence-corrected chi connectivity index (χ3v) is 5.30. The highest BCUT2D eigenvalue weighted by molar-refractivity contribution is 7.98. The first kappa shape index (κ1) is 24.3. The maximum absolute atomic E-state index is 3.76. The largest absolute Gasteiger partial charge is 0.121 e. The Labute approximate surface area is 181 Å². The Balaban J connectivity index is 0.000000299. The van der Waals surface area contributed by atoms with E-state index in [-0.39, 0.29) is 0 Å². The van der Waals surface area contributed by atoms with Crippen molar-refractivity contribution in [1.82, 2.24) is 0 Å². The SMILES string of the molecule is C=C.C=Cc1ccc(CC)cc1.C=Cc1ccc(CSc2cccc(C)c2)cc1. The lowest BCUT2D eigenvalue weighted by atomic mass is 10.1. The molecule has 1 heteroatoms. The second kappa shape index (κ2) is 14.3. The van der Waals surface area contributed by atoms with Crippen molar-refractivity contribution in [3.05, 3.63) is 127 Å². The summed E-state index contributed by atoms with van der Waals surface area (Å²) >= 11 is 1.88. The Morgan fingerprint density at radius 3 is 1.72 bits per heavy atom. The van der Waals surface area contributed by atoms with Gasteiger partial charge in [-0.1, -0.05) is 98.5 Å². The van der Waals surface area contributed by atoms with Crippen molar-refractivity contribution in [2.45, 2.75) is 30.9 Å². The molecule has 3 aromatic carbocycles. The van der Waals surface area contributed by atoms with Crippen molar-refractivity contribution < 1.29 is 0 Å². The summed E-state index contributed by atoms with van der Waals surface area (Å²) < 4.78 is 0. The van der Waals surface area contributed by atoms with E-state index >= 15 is 0 Å². The number of aryl methyl sites for hydroxylation is 2. The third-order valence-electron chi connectivity index (χ3n) is 4.23. The average Bonchev–Trinajstić information content (AvgIpc) is 2.80. The predicted molar refractivity (Wildman–Crippen MR) is 134 cm³/mol. The number of benzene rings is 3. The first-order valence-corrected chi connectivity index (χ1v) is 10.8. The minimum atomic E-state index is 1.01. The quantitative estimate of drug-likeness (QED) is 0.295. The summed E-state index contributed by atoms with van der Waals surface area (Å²) in [5.41, 5.74) is 6.41. The lowest BCUT2D eigenvalue weighted by molar-refractivity contribution is 1.14. The summed E-state index contributed by atoms with van der Waals surface area (Å²) in [5.74, 6) is 1.01. The fraction of sp³-hybridized carbons (Fsp3) is 0.143. The van der Waals surface area contributed by atoms with Crippen LogP contribution >= 0.6 is 11.8 Å². The van der Waals surface area contributed by atoms with Gasteiger partial charge in [-0.3, -0.25) is 0 Å². The van der Waals surface area contributed by atoms with Crippen LogP contribution in [0.4, 0.5) is 0 Å². The van der Waals surface area contributed by atoms with Crippen LogP contribution in [0.25, 0.3) is 12.2 Å². The zero-order valence-corrected chi connectivity index (χ0v) is 18.6. The molecule has 0 spiro atoms. The van der Waals surface area contributed by atoms with Gasteiger partial charge in [-0.25, -0.2) is 0 Å². The first-order chi connectivity index (χ1) is 14.1. The number of rotatable bonds is 6. The van der Waals surface area contributed by atoms with E-state index in [4.69, 9.17) is 0 Å². The normalized spacial score (nSPS) is 9.31. The molecule has 0 saturated heterocycles. The lowest BCUT2D eigenvalue weighted by Gasteiger charge is -2.03. The molecular formula is C28H32S. The highest BCUT2D eigenvalue weighted by Crippen LogP contribution is 2.23. The zero-order valence-electron chi connectivity index (χ0n) is 17.7. The molecule has 0 saturated carbocycles. The number of hydrogen-bond donors (Lipinski definition) is 0. The van der Waals surface area contributed by atoms with Crippen LogP contribution < -0.4 is 0 Å². The van der Waals surface area contributed by atoms with Gasteiger partial charge in [0.15, 0.2) is 0 Å². The predicted octanol–water partition coefficient (Wildman–Crippen LogP) is 8.62. The van der Waals surface area contributed by atoms with Crippen LogP contribution in [0.1, 0.15) is 34.7 Å². The van der Waals surface area contributed by atoms with Gasteiger partial charge in [0, 0.05) is 10.6 Å². The van der Waals surface area contributed by atoms with Crippen LogP contribution in [0, 0.1) is 6.92 Å². The molecule has 0 nitrogen and oxygen atoms in total. The summed E-state index contributed by atoms with van der Waals surface area (Å²) in [6.45, 7) is 17.7. The van der Waals surface area contributed by atoms with Gasteiger partial charge in [-0.05, 0) is 47.7 Å². The van der Waals surface area contributed by atoms with E-state index in [2.05, 4.69) is 113 Å². The highest BCUT2D eigenvalue weighted by Gasteiger charge is 1.97. The van der Waals surface area contributed by atoms with E-state index in [9.17, 15) is 0 Å². The fourth-order valence-electron chi connectivity index (χ4n) is 2.51. The summed E-state index contributed by atoms with van der Waals surface area (Å²) in [4.78, 5) is 1.33. The molecule has 0 aliphatic rings. The molecular weight excluding hydrogens is 368 g/mol. The second-order valence-corrected chi connectivity index (χ2v) is 7.40. The molecule has 150 valence electrons. The van der Waals surface area contributed by atoms with Gasteiger partial charge in [0.05, 0.1) is 0 Å². The van der Waals surface area contributed by atoms with E-state index in [0.29, 0.717) is 0 Å². The van der Waals surface area contributed by atoms with Crippen LogP contribution in [-0.2, 0) is 12.2 Å². The third kappa shape index (κ3) is 9.32. The van der Waals surface area contributed by atoms with Gasteiger partial charge in [-0.15, -0.1) is 24.9 Å². The summed E-state index contributed by atoms with van der Waals surface area (Å²) in [6, 6.07) is 25.6. The van der Waals surface area contributed by atoms with Crippen molar-refractivity contribution in [1.29, 1.82) is 0 Å². The van der Waals surface area contributed by atoms with E-state index in [0.717, 1.165) is 12.2 Å². The summed E-state index contributed by atoms with van der Waals surface area (Å²) in [5, 5.41) is 0.